The van der Waals surface area contributed by atoms with Crippen molar-refractivity contribution < 1.29 is 0 Å². The number of rotatable bonds is 4. The summed E-state index contributed by atoms with van der Waals surface area (Å²) in [6, 6.07) is 8.25. The maximum atomic E-state index is 4.36. The number of thiophene rings is 1. The second kappa shape index (κ2) is 4.94. The summed E-state index contributed by atoms with van der Waals surface area (Å²) in [5, 5.41) is 5.43. The summed E-state index contributed by atoms with van der Waals surface area (Å²) in [5.74, 6) is 0. The van der Waals surface area contributed by atoms with E-state index >= 15 is 0 Å². The SMILES string of the molecule is CCCNc1ccnc(-c2cccs2)c1. The van der Waals surface area contributed by atoms with E-state index in [1.165, 1.54) is 4.88 Å². The topological polar surface area (TPSA) is 24.9 Å². The molecule has 2 aromatic heterocycles. The molecule has 2 heterocycles. The molecule has 0 saturated carbocycles. The summed E-state index contributed by atoms with van der Waals surface area (Å²) >= 11 is 1.72. The first-order valence-corrected chi connectivity index (χ1v) is 6.02. The molecule has 0 aromatic carbocycles. The highest BCUT2D eigenvalue weighted by Gasteiger charge is 2.00. The number of aromatic nitrogens is 1. The van der Waals surface area contributed by atoms with E-state index in [0.29, 0.717) is 0 Å². The van der Waals surface area contributed by atoms with E-state index in [1.54, 1.807) is 11.3 Å². The van der Waals surface area contributed by atoms with E-state index in [9.17, 15) is 0 Å². The van der Waals surface area contributed by atoms with Gasteiger partial charge in [0.2, 0.25) is 0 Å². The van der Waals surface area contributed by atoms with Crippen molar-refractivity contribution in [2.45, 2.75) is 13.3 Å². The predicted octanol–water partition coefficient (Wildman–Crippen LogP) is 3.63. The lowest BCUT2D eigenvalue weighted by atomic mass is 10.2. The van der Waals surface area contributed by atoms with Crippen LogP contribution in [-0.4, -0.2) is 11.5 Å². The first kappa shape index (κ1) is 10.2. The molecule has 3 heteroatoms. The third-order valence-corrected chi connectivity index (χ3v) is 3.01. The van der Waals surface area contributed by atoms with Gasteiger partial charge in [-0.1, -0.05) is 13.0 Å². The van der Waals surface area contributed by atoms with E-state index < -0.39 is 0 Å². The van der Waals surface area contributed by atoms with Crippen LogP contribution >= 0.6 is 11.3 Å². The standard InChI is InChI=1S/C12H14N2S/c1-2-6-13-10-5-7-14-11(9-10)12-4-3-8-15-12/h3-5,7-9H,2,6H2,1H3,(H,13,14). The van der Waals surface area contributed by atoms with Crippen LogP contribution in [0.25, 0.3) is 10.6 Å². The van der Waals surface area contributed by atoms with Gasteiger partial charge < -0.3 is 5.32 Å². The molecule has 0 spiro atoms. The third kappa shape index (κ3) is 2.57. The molecule has 0 bridgehead atoms. The molecule has 0 unspecified atom stereocenters. The van der Waals surface area contributed by atoms with Crippen molar-refractivity contribution in [2.24, 2.45) is 0 Å². The Kier molecular flexibility index (Phi) is 3.35. The average molecular weight is 218 g/mol. The van der Waals surface area contributed by atoms with Gasteiger partial charge in [0.05, 0.1) is 10.6 Å². The molecule has 2 rings (SSSR count). The molecule has 0 atom stereocenters. The van der Waals surface area contributed by atoms with Crippen molar-refractivity contribution in [3.05, 3.63) is 35.8 Å². The molecular formula is C12H14N2S. The molecule has 0 aliphatic rings. The lowest BCUT2D eigenvalue weighted by Crippen LogP contribution is -1.99. The Morgan fingerprint density at radius 1 is 1.40 bits per heavy atom. The quantitative estimate of drug-likeness (QED) is 0.847. The summed E-state index contributed by atoms with van der Waals surface area (Å²) in [6.45, 7) is 3.17. The Bertz CT molecular complexity index is 409. The van der Waals surface area contributed by atoms with Gasteiger partial charge in [0.1, 0.15) is 0 Å². The molecule has 0 amide bonds. The fourth-order valence-electron chi connectivity index (χ4n) is 1.37. The lowest BCUT2D eigenvalue weighted by molar-refractivity contribution is 0.979. The zero-order valence-corrected chi connectivity index (χ0v) is 9.55. The first-order valence-electron chi connectivity index (χ1n) is 5.14. The molecule has 0 saturated heterocycles. The molecule has 0 radical (unpaired) electrons. The monoisotopic (exact) mass is 218 g/mol. The maximum Gasteiger partial charge on any atom is 0.0822 e. The minimum Gasteiger partial charge on any atom is -0.385 e. The fourth-order valence-corrected chi connectivity index (χ4v) is 2.06. The van der Waals surface area contributed by atoms with Crippen LogP contribution < -0.4 is 5.32 Å². The van der Waals surface area contributed by atoms with Crippen LogP contribution in [-0.2, 0) is 0 Å². The molecule has 0 fully saturated rings. The summed E-state index contributed by atoms with van der Waals surface area (Å²) in [6.07, 6.45) is 2.99. The Balaban J connectivity index is 2.19. The van der Waals surface area contributed by atoms with Gasteiger partial charge in [-0.05, 0) is 30.0 Å². The van der Waals surface area contributed by atoms with E-state index in [2.05, 4.69) is 34.7 Å². The Hall–Kier alpha value is -1.35. The highest BCUT2D eigenvalue weighted by Crippen LogP contribution is 2.24. The molecular weight excluding hydrogens is 204 g/mol. The summed E-state index contributed by atoms with van der Waals surface area (Å²) in [7, 11) is 0. The van der Waals surface area contributed by atoms with Crippen molar-refractivity contribution >= 4 is 17.0 Å². The average Bonchev–Trinajstić information content (AvgIpc) is 2.80. The Labute approximate surface area is 94.0 Å². The minimum atomic E-state index is 1.01. The van der Waals surface area contributed by atoms with E-state index in [1.807, 2.05) is 18.3 Å². The highest BCUT2D eigenvalue weighted by atomic mass is 32.1. The zero-order chi connectivity index (χ0) is 10.5. The van der Waals surface area contributed by atoms with Crippen LogP contribution in [0.15, 0.2) is 35.8 Å². The van der Waals surface area contributed by atoms with Gasteiger partial charge in [-0.25, -0.2) is 0 Å². The Morgan fingerprint density at radius 2 is 2.33 bits per heavy atom. The molecule has 2 nitrogen and oxygen atoms in total. The van der Waals surface area contributed by atoms with E-state index in [0.717, 1.165) is 24.3 Å². The molecule has 15 heavy (non-hydrogen) atoms. The van der Waals surface area contributed by atoms with Gasteiger partial charge in [-0.15, -0.1) is 11.3 Å². The lowest BCUT2D eigenvalue weighted by Gasteiger charge is -2.05. The number of hydrogen-bond donors (Lipinski definition) is 1. The van der Waals surface area contributed by atoms with Crippen molar-refractivity contribution in [1.82, 2.24) is 4.98 Å². The fraction of sp³-hybridized carbons (Fsp3) is 0.250. The van der Waals surface area contributed by atoms with Crippen LogP contribution in [0.2, 0.25) is 0 Å². The summed E-state index contributed by atoms with van der Waals surface area (Å²) in [4.78, 5) is 5.58. The van der Waals surface area contributed by atoms with Crippen molar-refractivity contribution in [1.29, 1.82) is 0 Å². The van der Waals surface area contributed by atoms with Gasteiger partial charge in [-0.3, -0.25) is 4.98 Å². The molecule has 2 aromatic rings. The number of nitrogens with zero attached hydrogens (tertiary/aromatic N) is 1. The van der Waals surface area contributed by atoms with Crippen LogP contribution in [0.4, 0.5) is 5.69 Å². The van der Waals surface area contributed by atoms with Crippen LogP contribution in [0.5, 0.6) is 0 Å². The Morgan fingerprint density at radius 3 is 3.07 bits per heavy atom. The minimum absolute atomic E-state index is 1.01. The van der Waals surface area contributed by atoms with Crippen LogP contribution in [0.1, 0.15) is 13.3 Å². The number of pyridine rings is 1. The zero-order valence-electron chi connectivity index (χ0n) is 8.73. The van der Waals surface area contributed by atoms with Crippen LogP contribution in [0.3, 0.4) is 0 Å². The molecule has 0 aliphatic heterocycles. The van der Waals surface area contributed by atoms with Crippen molar-refractivity contribution in [3.8, 4) is 10.6 Å². The summed E-state index contributed by atoms with van der Waals surface area (Å²) < 4.78 is 0. The smallest absolute Gasteiger partial charge is 0.0822 e. The molecule has 1 N–H and O–H groups in total. The van der Waals surface area contributed by atoms with Crippen molar-refractivity contribution in [3.63, 3.8) is 0 Å². The maximum absolute atomic E-state index is 4.36. The van der Waals surface area contributed by atoms with Gasteiger partial charge in [-0.2, -0.15) is 0 Å². The van der Waals surface area contributed by atoms with Gasteiger partial charge in [0.15, 0.2) is 0 Å². The number of nitrogens with one attached hydrogen (secondary N) is 1. The predicted molar refractivity (Wildman–Crippen MR) is 66.3 cm³/mol. The van der Waals surface area contributed by atoms with Crippen LogP contribution in [0, 0.1) is 0 Å². The normalized spacial score (nSPS) is 10.2. The molecule has 78 valence electrons. The van der Waals surface area contributed by atoms with E-state index in [-0.39, 0.29) is 0 Å². The second-order valence-corrected chi connectivity index (χ2v) is 4.28. The van der Waals surface area contributed by atoms with Gasteiger partial charge in [0.25, 0.3) is 0 Å². The second-order valence-electron chi connectivity index (χ2n) is 3.33. The van der Waals surface area contributed by atoms with E-state index in [4.69, 9.17) is 0 Å². The van der Waals surface area contributed by atoms with Crippen molar-refractivity contribution in [2.75, 3.05) is 11.9 Å². The largest absolute Gasteiger partial charge is 0.385 e. The molecule has 0 aliphatic carbocycles. The first-order chi connectivity index (χ1) is 7.40. The van der Waals surface area contributed by atoms with Gasteiger partial charge >= 0.3 is 0 Å². The number of hydrogen-bond acceptors (Lipinski definition) is 3. The third-order valence-electron chi connectivity index (χ3n) is 2.11. The summed E-state index contributed by atoms with van der Waals surface area (Å²) in [5.41, 5.74) is 2.20. The number of anilines is 1. The highest BCUT2D eigenvalue weighted by molar-refractivity contribution is 7.13. The van der Waals surface area contributed by atoms with Gasteiger partial charge in [0, 0.05) is 18.4 Å².